The molecule has 3 rings (SSSR count). The van der Waals surface area contributed by atoms with Crippen molar-refractivity contribution in [1.29, 1.82) is 0 Å². The summed E-state index contributed by atoms with van der Waals surface area (Å²) in [5.74, 6) is 2.39. The Hall–Kier alpha value is -1.88. The van der Waals surface area contributed by atoms with E-state index >= 15 is 0 Å². The molecule has 2 N–H and O–H groups in total. The van der Waals surface area contributed by atoms with Gasteiger partial charge in [0.1, 0.15) is 5.82 Å². The number of fused-ring (bicyclic) bond motifs is 1. The van der Waals surface area contributed by atoms with Gasteiger partial charge in [-0.25, -0.2) is 4.98 Å². The fourth-order valence-corrected chi connectivity index (χ4v) is 2.79. The highest BCUT2D eigenvalue weighted by Crippen LogP contribution is 2.34. The molecule has 5 heteroatoms. The van der Waals surface area contributed by atoms with Gasteiger partial charge >= 0.3 is 0 Å². The van der Waals surface area contributed by atoms with Crippen LogP contribution in [-0.4, -0.2) is 48.6 Å². The SMILES string of the molecule is CNc1nc(NCC(C2CC2)N(C)C)nc2ccccc12. The van der Waals surface area contributed by atoms with E-state index in [1.165, 1.54) is 12.8 Å². The summed E-state index contributed by atoms with van der Waals surface area (Å²) in [6.07, 6.45) is 2.68. The smallest absolute Gasteiger partial charge is 0.225 e. The first kappa shape index (κ1) is 14.1. The van der Waals surface area contributed by atoms with Crippen molar-refractivity contribution < 1.29 is 0 Å². The lowest BCUT2D eigenvalue weighted by atomic mass is 10.1. The number of likely N-dealkylation sites (N-methyl/N-ethyl adjacent to an activating group) is 1. The van der Waals surface area contributed by atoms with Crippen molar-refractivity contribution in [2.24, 2.45) is 5.92 Å². The number of aromatic nitrogens is 2. The van der Waals surface area contributed by atoms with Gasteiger partial charge in [-0.3, -0.25) is 0 Å². The number of rotatable bonds is 6. The minimum absolute atomic E-state index is 0.554. The molecular formula is C16H23N5. The summed E-state index contributed by atoms with van der Waals surface area (Å²) in [5, 5.41) is 7.62. The Kier molecular flexibility index (Phi) is 3.92. The van der Waals surface area contributed by atoms with E-state index in [-0.39, 0.29) is 0 Å². The highest BCUT2D eigenvalue weighted by Gasteiger charge is 2.32. The van der Waals surface area contributed by atoms with Crippen LogP contribution in [0.25, 0.3) is 10.9 Å². The van der Waals surface area contributed by atoms with Crippen molar-refractivity contribution in [3.8, 4) is 0 Å². The van der Waals surface area contributed by atoms with Crippen LogP contribution in [0.3, 0.4) is 0 Å². The third kappa shape index (κ3) is 3.08. The Bertz CT molecular complexity index is 619. The summed E-state index contributed by atoms with van der Waals surface area (Å²) in [5.41, 5.74) is 0.965. The van der Waals surface area contributed by atoms with Crippen LogP contribution < -0.4 is 10.6 Å². The van der Waals surface area contributed by atoms with Gasteiger partial charge in [0, 0.05) is 25.0 Å². The molecule has 0 bridgehead atoms. The van der Waals surface area contributed by atoms with Crippen molar-refractivity contribution in [3.05, 3.63) is 24.3 Å². The fraction of sp³-hybridized carbons (Fsp3) is 0.500. The number of hydrogen-bond acceptors (Lipinski definition) is 5. The minimum atomic E-state index is 0.554. The lowest BCUT2D eigenvalue weighted by molar-refractivity contribution is 0.276. The molecule has 0 spiro atoms. The van der Waals surface area contributed by atoms with Gasteiger partial charge in [-0.1, -0.05) is 12.1 Å². The predicted octanol–water partition coefficient (Wildman–Crippen LogP) is 2.42. The van der Waals surface area contributed by atoms with Gasteiger partial charge in [0.2, 0.25) is 5.95 Å². The predicted molar refractivity (Wildman–Crippen MR) is 87.8 cm³/mol. The normalized spacial score (nSPS) is 16.2. The zero-order valence-corrected chi connectivity index (χ0v) is 12.9. The Morgan fingerprint density at radius 2 is 2.00 bits per heavy atom. The van der Waals surface area contributed by atoms with Crippen LogP contribution in [0.2, 0.25) is 0 Å². The van der Waals surface area contributed by atoms with Crippen LogP contribution in [0.15, 0.2) is 24.3 Å². The van der Waals surface area contributed by atoms with E-state index in [4.69, 9.17) is 0 Å². The molecule has 0 aliphatic heterocycles. The zero-order chi connectivity index (χ0) is 14.8. The molecule has 1 aliphatic carbocycles. The molecule has 1 heterocycles. The van der Waals surface area contributed by atoms with Gasteiger partial charge in [0.15, 0.2) is 0 Å². The van der Waals surface area contributed by atoms with Crippen molar-refractivity contribution in [2.75, 3.05) is 38.3 Å². The van der Waals surface area contributed by atoms with E-state index in [1.807, 2.05) is 31.3 Å². The van der Waals surface area contributed by atoms with Crippen molar-refractivity contribution in [2.45, 2.75) is 18.9 Å². The minimum Gasteiger partial charge on any atom is -0.372 e. The van der Waals surface area contributed by atoms with E-state index in [0.717, 1.165) is 29.2 Å². The molecule has 0 amide bonds. The first-order valence-corrected chi connectivity index (χ1v) is 7.54. The Morgan fingerprint density at radius 1 is 1.24 bits per heavy atom. The van der Waals surface area contributed by atoms with Crippen LogP contribution in [0.5, 0.6) is 0 Å². The fourth-order valence-electron chi connectivity index (χ4n) is 2.79. The van der Waals surface area contributed by atoms with E-state index in [0.29, 0.717) is 12.0 Å². The summed E-state index contributed by atoms with van der Waals surface area (Å²) < 4.78 is 0. The van der Waals surface area contributed by atoms with Gasteiger partial charge < -0.3 is 15.5 Å². The van der Waals surface area contributed by atoms with Gasteiger partial charge in [-0.2, -0.15) is 4.98 Å². The quantitative estimate of drug-likeness (QED) is 0.853. The Morgan fingerprint density at radius 3 is 2.67 bits per heavy atom. The van der Waals surface area contributed by atoms with E-state index < -0.39 is 0 Å². The maximum absolute atomic E-state index is 4.61. The first-order valence-electron chi connectivity index (χ1n) is 7.54. The second-order valence-corrected chi connectivity index (χ2v) is 5.91. The molecule has 1 aromatic heterocycles. The maximum Gasteiger partial charge on any atom is 0.225 e. The van der Waals surface area contributed by atoms with E-state index in [2.05, 4.69) is 39.6 Å². The number of benzene rings is 1. The van der Waals surface area contributed by atoms with E-state index in [1.54, 1.807) is 0 Å². The second-order valence-electron chi connectivity index (χ2n) is 5.91. The molecule has 1 atom stereocenters. The molecule has 112 valence electrons. The standard InChI is InChI=1S/C16H23N5/c1-17-15-12-6-4-5-7-13(12)19-16(20-15)18-10-14(21(2)3)11-8-9-11/h4-7,11,14H,8-10H2,1-3H3,(H2,17,18,19,20). The van der Waals surface area contributed by atoms with Gasteiger partial charge in [0.05, 0.1) is 5.52 Å². The largest absolute Gasteiger partial charge is 0.372 e. The van der Waals surface area contributed by atoms with Crippen molar-refractivity contribution >= 4 is 22.7 Å². The average molecular weight is 285 g/mol. The number of nitrogens with zero attached hydrogens (tertiary/aromatic N) is 3. The molecule has 0 saturated heterocycles. The highest BCUT2D eigenvalue weighted by molar-refractivity contribution is 5.89. The van der Waals surface area contributed by atoms with Crippen LogP contribution in [0.4, 0.5) is 11.8 Å². The molecule has 5 nitrogen and oxygen atoms in total. The molecule has 1 fully saturated rings. The summed E-state index contributed by atoms with van der Waals surface area (Å²) in [7, 11) is 6.18. The molecule has 1 aromatic carbocycles. The maximum atomic E-state index is 4.61. The molecule has 1 saturated carbocycles. The number of nitrogens with one attached hydrogen (secondary N) is 2. The van der Waals surface area contributed by atoms with Crippen LogP contribution in [-0.2, 0) is 0 Å². The van der Waals surface area contributed by atoms with Crippen LogP contribution >= 0.6 is 0 Å². The molecule has 21 heavy (non-hydrogen) atoms. The van der Waals surface area contributed by atoms with Crippen molar-refractivity contribution in [3.63, 3.8) is 0 Å². The number of hydrogen-bond donors (Lipinski definition) is 2. The second kappa shape index (κ2) is 5.85. The average Bonchev–Trinajstić information content (AvgIpc) is 3.31. The Labute approximate surface area is 125 Å². The van der Waals surface area contributed by atoms with E-state index in [9.17, 15) is 0 Å². The molecule has 0 radical (unpaired) electrons. The number of para-hydroxylation sites is 1. The third-order valence-electron chi connectivity index (χ3n) is 4.14. The summed E-state index contributed by atoms with van der Waals surface area (Å²) in [6.45, 7) is 0.888. The highest BCUT2D eigenvalue weighted by atomic mass is 15.2. The van der Waals surface area contributed by atoms with Gasteiger partial charge in [0.25, 0.3) is 0 Å². The third-order valence-corrected chi connectivity index (χ3v) is 4.14. The summed E-state index contributed by atoms with van der Waals surface area (Å²) >= 11 is 0. The van der Waals surface area contributed by atoms with Gasteiger partial charge in [-0.05, 0) is 45.0 Å². The van der Waals surface area contributed by atoms with Crippen LogP contribution in [0.1, 0.15) is 12.8 Å². The summed E-state index contributed by atoms with van der Waals surface area (Å²) in [4.78, 5) is 11.5. The molecule has 1 unspecified atom stereocenters. The topological polar surface area (TPSA) is 53.1 Å². The number of anilines is 2. The molecule has 1 aliphatic rings. The van der Waals surface area contributed by atoms with Gasteiger partial charge in [-0.15, -0.1) is 0 Å². The van der Waals surface area contributed by atoms with Crippen molar-refractivity contribution in [1.82, 2.24) is 14.9 Å². The van der Waals surface area contributed by atoms with Crippen LogP contribution in [0, 0.1) is 5.92 Å². The lowest BCUT2D eigenvalue weighted by Gasteiger charge is -2.24. The monoisotopic (exact) mass is 285 g/mol. The summed E-state index contributed by atoms with van der Waals surface area (Å²) in [6, 6.07) is 8.63. The zero-order valence-electron chi connectivity index (χ0n) is 12.9. The first-order chi connectivity index (χ1) is 10.2. The molecule has 2 aromatic rings. The Balaban J connectivity index is 1.80. The lowest BCUT2D eigenvalue weighted by Crippen LogP contribution is -2.36. The molecular weight excluding hydrogens is 262 g/mol.